The summed E-state index contributed by atoms with van der Waals surface area (Å²) in [6.45, 7) is -0.117. The first-order valence-electron chi connectivity index (χ1n) is 12.1. The normalized spacial score (nSPS) is 17.8. The molecule has 0 aliphatic carbocycles. The lowest BCUT2D eigenvalue weighted by Crippen LogP contribution is -2.39. The zero-order valence-electron chi connectivity index (χ0n) is 20.5. The van der Waals surface area contributed by atoms with Crippen LogP contribution in [-0.2, 0) is 13.1 Å². The van der Waals surface area contributed by atoms with Crippen LogP contribution in [-0.4, -0.2) is 58.6 Å². The minimum absolute atomic E-state index is 0.191. The number of carbonyl (C=O) groups is 1. The van der Waals surface area contributed by atoms with Crippen LogP contribution in [0, 0.1) is 0 Å². The maximum atomic E-state index is 14.6. The van der Waals surface area contributed by atoms with E-state index >= 15 is 0 Å². The topological polar surface area (TPSA) is 62.5 Å². The Bertz CT molecular complexity index is 1480. The number of amides is 1. The molecule has 1 N–H and O–H groups in total. The van der Waals surface area contributed by atoms with Crippen LogP contribution in [0.2, 0.25) is 0 Å². The van der Waals surface area contributed by atoms with Crippen LogP contribution in [0.3, 0.4) is 0 Å². The van der Waals surface area contributed by atoms with E-state index < -0.39 is 18.9 Å². The maximum absolute atomic E-state index is 14.6. The van der Waals surface area contributed by atoms with Gasteiger partial charge in [0.05, 0.1) is 29.2 Å². The molecule has 0 radical (unpaired) electrons. The van der Waals surface area contributed by atoms with Crippen molar-refractivity contribution in [3.8, 4) is 10.7 Å². The van der Waals surface area contributed by atoms with E-state index in [0.717, 1.165) is 0 Å². The average molecular weight is 544 g/mol. The Labute approximate surface area is 220 Å². The largest absolute Gasteiger partial charge is 0.406 e. The number of thiazole rings is 1. The van der Waals surface area contributed by atoms with E-state index in [4.69, 9.17) is 0 Å². The van der Waals surface area contributed by atoms with E-state index in [1.807, 2.05) is 18.0 Å². The van der Waals surface area contributed by atoms with Gasteiger partial charge in [0, 0.05) is 41.5 Å². The minimum Gasteiger partial charge on any atom is -0.347 e. The lowest BCUT2D eigenvalue weighted by Gasteiger charge is -2.26. The molecule has 2 aromatic heterocycles. The van der Waals surface area contributed by atoms with Gasteiger partial charge in [-0.2, -0.15) is 13.2 Å². The first-order valence-corrected chi connectivity index (χ1v) is 12.9. The molecule has 3 heterocycles. The first-order chi connectivity index (χ1) is 18.2. The summed E-state index contributed by atoms with van der Waals surface area (Å²) in [5.41, 5.74) is 1.97. The van der Waals surface area contributed by atoms with Gasteiger partial charge in [-0.25, -0.2) is 9.37 Å². The van der Waals surface area contributed by atoms with E-state index in [0.29, 0.717) is 50.7 Å². The van der Waals surface area contributed by atoms with Crippen LogP contribution in [0.5, 0.6) is 0 Å². The van der Waals surface area contributed by atoms with Gasteiger partial charge in [-0.05, 0) is 37.4 Å². The van der Waals surface area contributed by atoms with Crippen molar-refractivity contribution in [3.63, 3.8) is 0 Å². The van der Waals surface area contributed by atoms with Crippen LogP contribution in [0.4, 0.5) is 23.2 Å². The van der Waals surface area contributed by atoms with Crippen LogP contribution in [0.15, 0.2) is 65.8 Å². The fourth-order valence-electron chi connectivity index (χ4n) is 4.47. The zero-order valence-corrected chi connectivity index (χ0v) is 21.3. The summed E-state index contributed by atoms with van der Waals surface area (Å²) in [5.74, 6) is -0.254. The van der Waals surface area contributed by atoms with E-state index in [1.54, 1.807) is 54.7 Å². The Morgan fingerprint density at radius 1 is 1.18 bits per heavy atom. The summed E-state index contributed by atoms with van der Waals surface area (Å²) >= 11 is 1.21. The molecule has 0 spiro atoms. The number of nitrogens with zero attached hydrogens (tertiary/aromatic N) is 4. The highest BCUT2D eigenvalue weighted by atomic mass is 32.1. The van der Waals surface area contributed by atoms with Crippen molar-refractivity contribution in [1.29, 1.82) is 0 Å². The molecule has 0 unspecified atom stereocenters. The lowest BCUT2D eigenvalue weighted by atomic mass is 10.1. The van der Waals surface area contributed by atoms with E-state index in [1.165, 1.54) is 15.9 Å². The van der Waals surface area contributed by atoms with Crippen molar-refractivity contribution >= 4 is 39.5 Å². The first kappa shape index (κ1) is 26.1. The highest BCUT2D eigenvalue weighted by Crippen LogP contribution is 2.37. The Morgan fingerprint density at radius 3 is 2.71 bits per heavy atom. The highest BCUT2D eigenvalue weighted by Gasteiger charge is 2.31. The third kappa shape index (κ3) is 5.78. The summed E-state index contributed by atoms with van der Waals surface area (Å²) in [7, 11) is 1.84. The number of halogens is 4. The molecular formula is C27H25F4N5OS. The van der Waals surface area contributed by atoms with E-state index in [9.17, 15) is 22.4 Å². The number of benzene rings is 2. The standard InChI is InChI=1S/C27H25F4N5OS/c1-35-11-10-22(20(28)15-35)34-21-8-5-9-23-19(21)12-24(36(23)16-27(29,30)31)26-33-14-18(38-26)13-32-25(37)17-6-3-2-4-7-17/h2-9,12,14,20H,10-11,13,15-16H2,1H3,(H,32,37)/b34-22+/t20-/m0/s1. The molecule has 198 valence electrons. The van der Waals surface area contributed by atoms with Crippen molar-refractivity contribution in [2.24, 2.45) is 4.99 Å². The number of alkyl halides is 4. The van der Waals surface area contributed by atoms with Gasteiger partial charge in [-0.3, -0.25) is 9.79 Å². The molecule has 1 fully saturated rings. The van der Waals surface area contributed by atoms with E-state index in [-0.39, 0.29) is 24.7 Å². The number of rotatable bonds is 6. The Kier molecular flexibility index (Phi) is 7.31. The summed E-state index contributed by atoms with van der Waals surface area (Å²) in [6, 6.07) is 15.3. The molecule has 0 saturated carbocycles. The molecule has 1 aliphatic rings. The second-order valence-electron chi connectivity index (χ2n) is 9.20. The van der Waals surface area contributed by atoms with Crippen LogP contribution in [0.25, 0.3) is 21.6 Å². The van der Waals surface area contributed by atoms with Crippen molar-refractivity contribution in [1.82, 2.24) is 19.8 Å². The average Bonchev–Trinajstić information content (AvgIpc) is 3.49. The maximum Gasteiger partial charge on any atom is 0.406 e. The third-order valence-electron chi connectivity index (χ3n) is 6.34. The molecule has 11 heteroatoms. The van der Waals surface area contributed by atoms with Gasteiger partial charge in [-0.15, -0.1) is 11.3 Å². The molecule has 6 nitrogen and oxygen atoms in total. The molecule has 1 saturated heterocycles. The molecular weight excluding hydrogens is 518 g/mol. The molecule has 2 aromatic carbocycles. The summed E-state index contributed by atoms with van der Waals surface area (Å²) in [5, 5.41) is 3.69. The van der Waals surface area contributed by atoms with Crippen molar-refractivity contribution in [3.05, 3.63) is 71.2 Å². The van der Waals surface area contributed by atoms with Crippen molar-refractivity contribution < 1.29 is 22.4 Å². The van der Waals surface area contributed by atoms with Gasteiger partial charge < -0.3 is 14.8 Å². The third-order valence-corrected chi connectivity index (χ3v) is 7.36. The molecule has 5 rings (SSSR count). The lowest BCUT2D eigenvalue weighted by molar-refractivity contribution is -0.139. The number of nitrogens with one attached hydrogen (secondary N) is 1. The number of piperidine rings is 1. The number of fused-ring (bicyclic) bond motifs is 1. The summed E-state index contributed by atoms with van der Waals surface area (Å²) in [4.78, 5) is 23.9. The second-order valence-corrected chi connectivity index (χ2v) is 10.3. The Hall–Kier alpha value is -3.57. The predicted octanol–water partition coefficient (Wildman–Crippen LogP) is 6.00. The molecule has 1 atom stereocenters. The van der Waals surface area contributed by atoms with E-state index in [2.05, 4.69) is 15.3 Å². The van der Waals surface area contributed by atoms with Crippen molar-refractivity contribution in [2.75, 3.05) is 20.1 Å². The Morgan fingerprint density at radius 2 is 1.97 bits per heavy atom. The number of aliphatic imine (C=N–C) groups is 1. The molecule has 38 heavy (non-hydrogen) atoms. The van der Waals surface area contributed by atoms with Crippen LogP contribution in [0.1, 0.15) is 21.7 Å². The number of hydrogen-bond donors (Lipinski definition) is 1. The molecule has 0 bridgehead atoms. The second kappa shape index (κ2) is 10.7. The van der Waals surface area contributed by atoms with Gasteiger partial charge in [0.1, 0.15) is 11.6 Å². The van der Waals surface area contributed by atoms with Gasteiger partial charge in [-0.1, -0.05) is 24.3 Å². The Balaban J connectivity index is 1.48. The number of hydrogen-bond acceptors (Lipinski definition) is 5. The molecule has 4 aromatic rings. The van der Waals surface area contributed by atoms with Gasteiger partial charge in [0.15, 0.2) is 6.17 Å². The van der Waals surface area contributed by atoms with Crippen molar-refractivity contribution in [2.45, 2.75) is 31.9 Å². The fourth-order valence-corrected chi connectivity index (χ4v) is 5.35. The summed E-state index contributed by atoms with van der Waals surface area (Å²) < 4.78 is 56.6. The summed E-state index contributed by atoms with van der Waals surface area (Å²) in [6.07, 6.45) is -3.69. The van der Waals surface area contributed by atoms with Gasteiger partial charge in [0.25, 0.3) is 5.91 Å². The van der Waals surface area contributed by atoms with Crippen LogP contribution >= 0.6 is 11.3 Å². The predicted molar refractivity (Wildman–Crippen MR) is 141 cm³/mol. The number of carbonyl (C=O) groups excluding carboxylic acids is 1. The zero-order chi connectivity index (χ0) is 26.9. The molecule has 1 aliphatic heterocycles. The number of likely N-dealkylation sites (tertiary alicyclic amines) is 1. The van der Waals surface area contributed by atoms with Crippen LogP contribution < -0.4 is 5.32 Å². The SMILES string of the molecule is CN1CC/C(=N\c2cccc3c2cc(-c2ncc(CNC(=O)c4ccccc4)s2)n3CC(F)(F)F)[C@@H](F)C1. The fraction of sp³-hybridized carbons (Fsp3) is 0.296. The van der Waals surface area contributed by atoms with Gasteiger partial charge in [0.2, 0.25) is 0 Å². The number of aromatic nitrogens is 2. The highest BCUT2D eigenvalue weighted by molar-refractivity contribution is 7.15. The smallest absolute Gasteiger partial charge is 0.347 e. The quantitative estimate of drug-likeness (QED) is 0.303. The minimum atomic E-state index is -4.47. The molecule has 1 amide bonds. The monoisotopic (exact) mass is 543 g/mol. The van der Waals surface area contributed by atoms with Gasteiger partial charge >= 0.3 is 6.18 Å².